The lowest BCUT2D eigenvalue weighted by Crippen LogP contribution is -2.50. The van der Waals surface area contributed by atoms with Crippen LogP contribution in [0, 0.1) is 5.92 Å². The minimum absolute atomic E-state index is 0.00517. The molecule has 6 nitrogen and oxygen atoms in total. The molecule has 2 rings (SSSR count). The molecular weight excluding hydrogens is 382 g/mol. The smallest absolute Gasteiger partial charge is 0.240 e. The molecule has 1 amide bonds. The van der Waals surface area contributed by atoms with Gasteiger partial charge in [0.15, 0.2) is 0 Å². The van der Waals surface area contributed by atoms with Gasteiger partial charge in [0.05, 0.1) is 5.75 Å². The summed E-state index contributed by atoms with van der Waals surface area (Å²) in [5, 5.41) is 0. The summed E-state index contributed by atoms with van der Waals surface area (Å²) in [6.45, 7) is 6.13. The largest absolute Gasteiger partial charge is 0.340 e. The second kappa shape index (κ2) is 11.6. The highest BCUT2D eigenvalue weighted by molar-refractivity contribution is 7.98. The van der Waals surface area contributed by atoms with Crippen LogP contribution in [0.5, 0.6) is 0 Å². The number of carbonyl (C=O) groups is 1. The normalized spacial score (nSPS) is 21.8. The Morgan fingerprint density at radius 2 is 1.85 bits per heavy atom. The van der Waals surface area contributed by atoms with E-state index in [9.17, 15) is 13.2 Å². The van der Waals surface area contributed by atoms with Gasteiger partial charge in [-0.15, -0.1) is 0 Å². The fraction of sp³-hybridized carbons (Fsp3) is 0.947. The zero-order valence-corrected chi connectivity index (χ0v) is 18.6. The number of hydrogen-bond donors (Lipinski definition) is 1. The third-order valence-corrected chi connectivity index (χ3v) is 7.80. The SMILES string of the molecule is CCS(=O)(=O)NC(CCSC)C(=O)N1CCCN(CC2CCCCC2)CC1. The molecule has 1 saturated carbocycles. The number of nitrogens with one attached hydrogen (secondary N) is 1. The van der Waals surface area contributed by atoms with E-state index in [1.54, 1.807) is 18.7 Å². The van der Waals surface area contributed by atoms with Crippen molar-refractivity contribution in [2.45, 2.75) is 57.9 Å². The highest BCUT2D eigenvalue weighted by Crippen LogP contribution is 2.24. The van der Waals surface area contributed by atoms with Crippen molar-refractivity contribution in [3.8, 4) is 0 Å². The van der Waals surface area contributed by atoms with Crippen LogP contribution in [0.3, 0.4) is 0 Å². The monoisotopic (exact) mass is 419 g/mol. The fourth-order valence-corrected chi connectivity index (χ4v) is 5.39. The second-order valence-electron chi connectivity index (χ2n) is 7.84. The first kappa shape index (κ1) is 23.0. The quantitative estimate of drug-likeness (QED) is 0.620. The Morgan fingerprint density at radius 1 is 1.11 bits per heavy atom. The summed E-state index contributed by atoms with van der Waals surface area (Å²) in [7, 11) is -3.39. The highest BCUT2D eigenvalue weighted by Gasteiger charge is 2.29. The summed E-state index contributed by atoms with van der Waals surface area (Å²) in [6, 6.07) is -0.632. The molecule has 1 saturated heterocycles. The first-order chi connectivity index (χ1) is 12.9. The van der Waals surface area contributed by atoms with E-state index in [2.05, 4.69) is 9.62 Å². The molecule has 8 heteroatoms. The molecule has 0 aromatic rings. The third-order valence-electron chi connectivity index (χ3n) is 5.75. The van der Waals surface area contributed by atoms with Gasteiger partial charge < -0.3 is 9.80 Å². The van der Waals surface area contributed by atoms with E-state index in [0.29, 0.717) is 13.0 Å². The van der Waals surface area contributed by atoms with Gasteiger partial charge in [-0.05, 0) is 57.1 Å². The lowest BCUT2D eigenvalue weighted by atomic mass is 9.89. The van der Waals surface area contributed by atoms with E-state index in [1.807, 2.05) is 11.2 Å². The molecule has 27 heavy (non-hydrogen) atoms. The first-order valence-corrected chi connectivity index (χ1v) is 13.5. The molecule has 158 valence electrons. The molecular formula is C19H37N3O3S2. The Hall–Kier alpha value is -0.310. The van der Waals surface area contributed by atoms with Crippen LogP contribution in [0.15, 0.2) is 0 Å². The van der Waals surface area contributed by atoms with E-state index in [1.165, 1.54) is 32.1 Å². The zero-order valence-electron chi connectivity index (χ0n) is 17.0. The minimum atomic E-state index is -3.39. The fourth-order valence-electron chi connectivity index (χ4n) is 4.10. The molecule has 0 aromatic carbocycles. The Bertz CT molecular complexity index is 550. The maximum atomic E-state index is 13.0. The van der Waals surface area contributed by atoms with Gasteiger partial charge in [0.2, 0.25) is 15.9 Å². The maximum Gasteiger partial charge on any atom is 0.240 e. The van der Waals surface area contributed by atoms with Gasteiger partial charge in [0.25, 0.3) is 0 Å². The molecule has 1 heterocycles. The summed E-state index contributed by atoms with van der Waals surface area (Å²) in [5.74, 6) is 1.53. The molecule has 0 radical (unpaired) electrons. The number of sulfonamides is 1. The number of nitrogens with zero attached hydrogens (tertiary/aromatic N) is 2. The van der Waals surface area contributed by atoms with Gasteiger partial charge in [-0.1, -0.05) is 19.3 Å². The molecule has 2 aliphatic rings. The zero-order chi connectivity index (χ0) is 19.7. The summed E-state index contributed by atoms with van der Waals surface area (Å²) in [6.07, 6.45) is 10.3. The van der Waals surface area contributed by atoms with Gasteiger partial charge in [0.1, 0.15) is 6.04 Å². The summed E-state index contributed by atoms with van der Waals surface area (Å²) >= 11 is 1.64. The van der Waals surface area contributed by atoms with Crippen molar-refractivity contribution in [3.05, 3.63) is 0 Å². The minimum Gasteiger partial charge on any atom is -0.340 e. The third kappa shape index (κ3) is 7.91. The first-order valence-electron chi connectivity index (χ1n) is 10.4. The van der Waals surface area contributed by atoms with Crippen LogP contribution in [0.2, 0.25) is 0 Å². The Balaban J connectivity index is 1.91. The average molecular weight is 420 g/mol. The van der Waals surface area contributed by atoms with Crippen molar-refractivity contribution in [3.63, 3.8) is 0 Å². The predicted molar refractivity (Wildman–Crippen MR) is 114 cm³/mol. The van der Waals surface area contributed by atoms with Crippen molar-refractivity contribution in [1.29, 1.82) is 0 Å². The maximum absolute atomic E-state index is 13.0. The Labute approximate surface area is 169 Å². The van der Waals surface area contributed by atoms with Gasteiger partial charge in [-0.3, -0.25) is 4.79 Å². The molecule has 1 aliphatic carbocycles. The summed E-state index contributed by atoms with van der Waals surface area (Å²) in [5.41, 5.74) is 0. The lowest BCUT2D eigenvalue weighted by molar-refractivity contribution is -0.132. The van der Waals surface area contributed by atoms with E-state index in [4.69, 9.17) is 0 Å². The van der Waals surface area contributed by atoms with E-state index in [0.717, 1.165) is 44.3 Å². The standard InChI is InChI=1S/C19H37N3O3S2/c1-3-27(24,25)20-18(10-15-26-2)19(23)22-12-7-11-21(13-14-22)16-17-8-5-4-6-9-17/h17-18,20H,3-16H2,1-2H3. The summed E-state index contributed by atoms with van der Waals surface area (Å²) < 4.78 is 26.6. The molecule has 0 aromatic heterocycles. The molecule has 1 aliphatic heterocycles. The molecule has 0 spiro atoms. The van der Waals surface area contributed by atoms with Crippen molar-refractivity contribution in [1.82, 2.24) is 14.5 Å². The van der Waals surface area contributed by atoms with Crippen LogP contribution in [0.25, 0.3) is 0 Å². The van der Waals surface area contributed by atoms with Crippen molar-refractivity contribution in [2.75, 3.05) is 50.5 Å². The molecule has 1 atom stereocenters. The summed E-state index contributed by atoms with van der Waals surface area (Å²) in [4.78, 5) is 17.4. The van der Waals surface area contributed by atoms with Crippen LogP contribution in [0.4, 0.5) is 0 Å². The van der Waals surface area contributed by atoms with E-state index < -0.39 is 16.1 Å². The van der Waals surface area contributed by atoms with Gasteiger partial charge in [-0.25, -0.2) is 13.1 Å². The molecule has 1 N–H and O–H groups in total. The molecule has 2 fully saturated rings. The van der Waals surface area contributed by atoms with Crippen LogP contribution in [-0.4, -0.2) is 80.7 Å². The van der Waals surface area contributed by atoms with Crippen molar-refractivity contribution >= 4 is 27.7 Å². The van der Waals surface area contributed by atoms with Gasteiger partial charge >= 0.3 is 0 Å². The van der Waals surface area contributed by atoms with Crippen LogP contribution in [-0.2, 0) is 14.8 Å². The van der Waals surface area contributed by atoms with E-state index in [-0.39, 0.29) is 11.7 Å². The highest BCUT2D eigenvalue weighted by atomic mass is 32.2. The second-order valence-corrected chi connectivity index (χ2v) is 10.9. The number of hydrogen-bond acceptors (Lipinski definition) is 5. The molecule has 0 bridgehead atoms. The van der Waals surface area contributed by atoms with Gasteiger partial charge in [-0.2, -0.15) is 11.8 Å². The molecule has 1 unspecified atom stereocenters. The predicted octanol–water partition coefficient (Wildman–Crippen LogP) is 2.16. The average Bonchev–Trinajstić information content (AvgIpc) is 2.91. The van der Waals surface area contributed by atoms with Crippen LogP contribution < -0.4 is 4.72 Å². The Kier molecular flexibility index (Phi) is 9.90. The van der Waals surface area contributed by atoms with Crippen molar-refractivity contribution < 1.29 is 13.2 Å². The number of thioether (sulfide) groups is 1. The van der Waals surface area contributed by atoms with E-state index >= 15 is 0 Å². The van der Waals surface area contributed by atoms with Crippen molar-refractivity contribution in [2.24, 2.45) is 5.92 Å². The lowest BCUT2D eigenvalue weighted by Gasteiger charge is -2.29. The van der Waals surface area contributed by atoms with Gasteiger partial charge in [0, 0.05) is 26.2 Å². The number of amides is 1. The topological polar surface area (TPSA) is 69.7 Å². The number of rotatable bonds is 9. The van der Waals surface area contributed by atoms with Crippen LogP contribution in [0.1, 0.15) is 51.9 Å². The number of carbonyl (C=O) groups excluding carboxylic acids is 1. The Morgan fingerprint density at radius 3 is 2.52 bits per heavy atom. The van der Waals surface area contributed by atoms with Crippen LogP contribution >= 0.6 is 11.8 Å².